The zero-order valence-electron chi connectivity index (χ0n) is 16.1. The van der Waals surface area contributed by atoms with Crippen LogP contribution in [0.5, 0.6) is 5.75 Å². The second-order valence-corrected chi connectivity index (χ2v) is 9.26. The molecule has 6 nitrogen and oxygen atoms in total. The van der Waals surface area contributed by atoms with Crippen molar-refractivity contribution in [2.24, 2.45) is 0 Å². The van der Waals surface area contributed by atoms with Crippen molar-refractivity contribution in [3.8, 4) is 5.75 Å². The van der Waals surface area contributed by atoms with E-state index in [0.29, 0.717) is 22.2 Å². The number of methoxy groups -OCH3 is 1. The van der Waals surface area contributed by atoms with Gasteiger partial charge in [0.25, 0.3) is 5.91 Å². The van der Waals surface area contributed by atoms with Crippen molar-refractivity contribution in [3.05, 3.63) is 57.3 Å². The molecule has 0 unspecified atom stereocenters. The third kappa shape index (κ3) is 4.43. The quantitative estimate of drug-likeness (QED) is 0.417. The normalized spacial score (nSPS) is 15.4. The lowest BCUT2D eigenvalue weighted by atomic mass is 10.1. The van der Waals surface area contributed by atoms with Crippen LogP contribution in [-0.4, -0.2) is 46.2 Å². The minimum absolute atomic E-state index is 0.0719. The summed E-state index contributed by atoms with van der Waals surface area (Å²) < 4.78 is 5.64. The van der Waals surface area contributed by atoms with E-state index in [-0.39, 0.29) is 18.4 Å². The van der Waals surface area contributed by atoms with E-state index in [1.165, 1.54) is 16.7 Å². The number of hydrogen-bond acceptors (Lipinski definition) is 6. The summed E-state index contributed by atoms with van der Waals surface area (Å²) in [4.78, 5) is 31.1. The van der Waals surface area contributed by atoms with Crippen LogP contribution in [0.15, 0.2) is 46.8 Å². The van der Waals surface area contributed by atoms with Crippen LogP contribution < -0.4 is 10.1 Å². The Hall–Kier alpha value is -2.62. The van der Waals surface area contributed by atoms with E-state index < -0.39 is 0 Å². The number of nitrogens with zero attached hydrogens (tertiary/aromatic N) is 1. The van der Waals surface area contributed by atoms with Gasteiger partial charge in [0, 0.05) is 34.6 Å². The Morgan fingerprint density at radius 1 is 1.37 bits per heavy atom. The number of thiophene rings is 1. The number of benzene rings is 1. The van der Waals surface area contributed by atoms with Crippen molar-refractivity contribution in [3.63, 3.8) is 0 Å². The van der Waals surface area contributed by atoms with Crippen molar-refractivity contribution < 1.29 is 14.3 Å². The van der Waals surface area contributed by atoms with E-state index in [2.05, 4.69) is 10.3 Å². The number of hydrogen-bond donors (Lipinski definition) is 2. The topological polar surface area (TPSA) is 74.4 Å². The highest BCUT2D eigenvalue weighted by Gasteiger charge is 2.33. The van der Waals surface area contributed by atoms with Crippen molar-refractivity contribution in [1.82, 2.24) is 15.2 Å². The fourth-order valence-electron chi connectivity index (χ4n) is 3.17. The first-order valence-corrected chi connectivity index (χ1v) is 11.3. The minimum atomic E-state index is -0.231. The van der Waals surface area contributed by atoms with E-state index in [1.807, 2.05) is 48.0 Å². The number of fused-ring (bicyclic) bond motifs is 1. The Bertz CT molecular complexity index is 1140. The van der Waals surface area contributed by atoms with E-state index in [4.69, 9.17) is 17.0 Å². The van der Waals surface area contributed by atoms with Gasteiger partial charge in [0.1, 0.15) is 16.6 Å². The number of amides is 2. The zero-order valence-corrected chi connectivity index (χ0v) is 18.6. The van der Waals surface area contributed by atoms with E-state index in [0.717, 1.165) is 27.1 Å². The molecule has 0 aliphatic carbocycles. The molecule has 2 aromatic heterocycles. The smallest absolute Gasteiger partial charge is 0.266 e. The van der Waals surface area contributed by atoms with Crippen molar-refractivity contribution in [1.29, 1.82) is 0 Å². The third-order valence-corrected chi connectivity index (χ3v) is 6.88. The third-order valence-electron chi connectivity index (χ3n) is 4.68. The van der Waals surface area contributed by atoms with Crippen LogP contribution in [0.1, 0.15) is 10.4 Å². The summed E-state index contributed by atoms with van der Waals surface area (Å²) in [7, 11) is 1.64. The monoisotopic (exact) mass is 457 g/mol. The molecule has 0 saturated carbocycles. The molecule has 0 spiro atoms. The number of ether oxygens (including phenoxy) is 1. The fraction of sp³-hybridized carbons (Fsp3) is 0.190. The van der Waals surface area contributed by atoms with E-state index in [9.17, 15) is 9.59 Å². The molecule has 1 aliphatic heterocycles. The van der Waals surface area contributed by atoms with Gasteiger partial charge in [-0.25, -0.2) is 0 Å². The predicted octanol–water partition coefficient (Wildman–Crippen LogP) is 3.80. The van der Waals surface area contributed by atoms with Crippen molar-refractivity contribution >= 4 is 68.4 Å². The first-order chi connectivity index (χ1) is 14.5. The SMILES string of the molecule is COc1ccc2c(CCNC(=O)CN3C(=O)C(=Cc4cccs4)SC3=S)c[nH]c2c1. The Balaban J connectivity index is 1.32. The summed E-state index contributed by atoms with van der Waals surface area (Å²) in [5, 5.41) is 5.93. The second-order valence-electron chi connectivity index (χ2n) is 6.61. The standard InChI is InChI=1S/C21H19N3O3S3/c1-27-14-4-5-16-13(11-23-17(16)9-14)6-7-22-19(25)12-24-20(26)18(30-21(24)28)10-15-3-2-8-29-15/h2-5,8-11,23H,6-7,12H2,1H3,(H,22,25). The number of carbonyl (C=O) groups is 2. The van der Waals surface area contributed by atoms with Crippen LogP contribution in [0.3, 0.4) is 0 Å². The van der Waals surface area contributed by atoms with Gasteiger partial charge in [0.15, 0.2) is 0 Å². The highest BCUT2D eigenvalue weighted by Crippen LogP contribution is 2.33. The number of nitrogens with one attached hydrogen (secondary N) is 2. The number of aromatic amines is 1. The Labute approximate surface area is 187 Å². The molecule has 30 heavy (non-hydrogen) atoms. The Morgan fingerprint density at radius 2 is 2.23 bits per heavy atom. The predicted molar refractivity (Wildman–Crippen MR) is 126 cm³/mol. The molecular formula is C21H19N3O3S3. The summed E-state index contributed by atoms with van der Waals surface area (Å²) >= 11 is 8.07. The lowest BCUT2D eigenvalue weighted by Crippen LogP contribution is -2.40. The van der Waals surface area contributed by atoms with Gasteiger partial charge in [-0.1, -0.05) is 30.0 Å². The summed E-state index contributed by atoms with van der Waals surface area (Å²) in [6.45, 7) is 0.398. The van der Waals surface area contributed by atoms with Crippen LogP contribution in [-0.2, 0) is 16.0 Å². The van der Waals surface area contributed by atoms with E-state index >= 15 is 0 Å². The van der Waals surface area contributed by atoms with Gasteiger partial charge in [0.2, 0.25) is 5.91 Å². The molecule has 0 bridgehead atoms. The average molecular weight is 458 g/mol. The van der Waals surface area contributed by atoms with E-state index in [1.54, 1.807) is 18.4 Å². The Kier molecular flexibility index (Phi) is 6.21. The number of thiocarbonyl (C=S) groups is 1. The summed E-state index contributed by atoms with van der Waals surface area (Å²) in [6.07, 6.45) is 4.43. The fourth-order valence-corrected chi connectivity index (χ4v) is 5.15. The van der Waals surface area contributed by atoms with Crippen LogP contribution >= 0.6 is 35.3 Å². The lowest BCUT2D eigenvalue weighted by molar-refractivity contribution is -0.128. The first kappa shape index (κ1) is 20.6. The molecule has 1 aromatic carbocycles. The Morgan fingerprint density at radius 3 is 3.00 bits per heavy atom. The van der Waals surface area contributed by atoms with Crippen LogP contribution in [0.2, 0.25) is 0 Å². The summed E-state index contributed by atoms with van der Waals surface area (Å²) in [5.74, 6) is 0.338. The molecule has 2 N–H and O–H groups in total. The summed E-state index contributed by atoms with van der Waals surface area (Å²) in [6, 6.07) is 9.72. The number of aromatic nitrogens is 1. The molecule has 1 fully saturated rings. The van der Waals surface area contributed by atoms with Gasteiger partial charge >= 0.3 is 0 Å². The average Bonchev–Trinajstić information content (AvgIpc) is 3.45. The molecule has 0 atom stereocenters. The second kappa shape index (κ2) is 9.03. The first-order valence-electron chi connectivity index (χ1n) is 9.24. The van der Waals surface area contributed by atoms with Gasteiger partial charge in [-0.2, -0.15) is 0 Å². The summed E-state index contributed by atoms with van der Waals surface area (Å²) in [5.41, 5.74) is 2.10. The molecule has 154 valence electrons. The highest BCUT2D eigenvalue weighted by atomic mass is 32.2. The van der Waals surface area contributed by atoms with Crippen LogP contribution in [0.25, 0.3) is 17.0 Å². The van der Waals surface area contributed by atoms with Gasteiger partial charge in [-0.3, -0.25) is 14.5 Å². The molecule has 4 rings (SSSR count). The van der Waals surface area contributed by atoms with Crippen molar-refractivity contribution in [2.75, 3.05) is 20.2 Å². The number of rotatable bonds is 7. The van der Waals surface area contributed by atoms with Crippen LogP contribution in [0, 0.1) is 0 Å². The molecule has 1 aliphatic rings. The maximum absolute atomic E-state index is 12.6. The molecule has 2 amide bonds. The molecule has 9 heteroatoms. The van der Waals surface area contributed by atoms with Crippen LogP contribution in [0.4, 0.5) is 0 Å². The highest BCUT2D eigenvalue weighted by molar-refractivity contribution is 8.26. The molecule has 3 heterocycles. The zero-order chi connectivity index (χ0) is 21.1. The molecular weight excluding hydrogens is 438 g/mol. The number of carbonyl (C=O) groups excluding carboxylic acids is 2. The number of H-pyrrole nitrogens is 1. The van der Waals surface area contributed by atoms with Gasteiger partial charge in [-0.15, -0.1) is 11.3 Å². The molecule has 1 saturated heterocycles. The van der Waals surface area contributed by atoms with Gasteiger partial charge in [0.05, 0.1) is 12.0 Å². The number of thioether (sulfide) groups is 1. The molecule has 0 radical (unpaired) electrons. The van der Waals surface area contributed by atoms with Crippen molar-refractivity contribution in [2.45, 2.75) is 6.42 Å². The lowest BCUT2D eigenvalue weighted by Gasteiger charge is -2.14. The minimum Gasteiger partial charge on any atom is -0.497 e. The maximum atomic E-state index is 12.6. The van der Waals surface area contributed by atoms with Gasteiger partial charge in [-0.05, 0) is 41.6 Å². The largest absolute Gasteiger partial charge is 0.497 e. The maximum Gasteiger partial charge on any atom is 0.266 e. The van der Waals surface area contributed by atoms with Gasteiger partial charge < -0.3 is 15.0 Å². The molecule has 3 aromatic rings.